The Balaban J connectivity index is 2.11. The molecule has 0 amide bonds. The molecular formula is C11H16N6O3. The summed E-state index contributed by atoms with van der Waals surface area (Å²) in [6, 6.07) is 0. The van der Waals surface area contributed by atoms with Crippen LogP contribution in [0.15, 0.2) is 12.4 Å². The lowest BCUT2D eigenvalue weighted by atomic mass is 10.1. The summed E-state index contributed by atoms with van der Waals surface area (Å²) in [5.41, 5.74) is -0.607. The number of hydrogen-bond acceptors (Lipinski definition) is 6. The fourth-order valence-corrected chi connectivity index (χ4v) is 1.77. The van der Waals surface area contributed by atoms with E-state index in [-0.39, 0.29) is 5.82 Å². The number of aromatic nitrogens is 5. The van der Waals surface area contributed by atoms with Crippen LogP contribution in [-0.2, 0) is 18.7 Å². The van der Waals surface area contributed by atoms with Crippen LogP contribution in [0.25, 0.3) is 0 Å². The summed E-state index contributed by atoms with van der Waals surface area (Å²) < 4.78 is 3.04. The van der Waals surface area contributed by atoms with Gasteiger partial charge in [-0.3, -0.25) is 0 Å². The van der Waals surface area contributed by atoms with Gasteiger partial charge in [0.2, 0.25) is 0 Å². The lowest BCUT2D eigenvalue weighted by Gasteiger charge is -2.11. The molecule has 2 heterocycles. The molecule has 0 spiro atoms. The average molecular weight is 280 g/mol. The van der Waals surface area contributed by atoms with Crippen LogP contribution in [0.4, 0.5) is 5.82 Å². The molecular weight excluding hydrogens is 264 g/mol. The van der Waals surface area contributed by atoms with Crippen molar-refractivity contribution in [3.05, 3.63) is 34.0 Å². The Morgan fingerprint density at radius 3 is 2.70 bits per heavy atom. The highest BCUT2D eigenvalue weighted by Crippen LogP contribution is 2.16. The largest absolute Gasteiger partial charge is 0.384 e. The molecule has 108 valence electrons. The average Bonchev–Trinajstić information content (AvgIpc) is 2.92. The minimum absolute atomic E-state index is 0.0506. The fraction of sp³-hybridized carbons (Fsp3) is 0.545. The first-order valence-corrected chi connectivity index (χ1v) is 6.08. The number of nitro groups is 1. The van der Waals surface area contributed by atoms with Crippen LogP contribution in [0.3, 0.4) is 0 Å². The van der Waals surface area contributed by atoms with Gasteiger partial charge >= 0.3 is 5.82 Å². The molecule has 0 saturated heterocycles. The van der Waals surface area contributed by atoms with E-state index in [1.165, 1.54) is 15.4 Å². The monoisotopic (exact) mass is 280 g/mol. The molecule has 0 aliphatic rings. The molecule has 0 fully saturated rings. The first-order valence-electron chi connectivity index (χ1n) is 6.08. The summed E-state index contributed by atoms with van der Waals surface area (Å²) in [6.45, 7) is 5.70. The topological polar surface area (TPSA) is 112 Å². The van der Waals surface area contributed by atoms with Crippen molar-refractivity contribution >= 4 is 5.82 Å². The van der Waals surface area contributed by atoms with Crippen molar-refractivity contribution in [2.24, 2.45) is 0 Å². The Morgan fingerprint density at radius 2 is 2.15 bits per heavy atom. The number of aliphatic hydroxyl groups is 1. The minimum Gasteiger partial charge on any atom is -0.384 e. The van der Waals surface area contributed by atoms with Gasteiger partial charge in [-0.05, 0) is 18.8 Å². The summed E-state index contributed by atoms with van der Waals surface area (Å²) in [4.78, 5) is 14.3. The van der Waals surface area contributed by atoms with Crippen LogP contribution < -0.4 is 0 Å². The van der Waals surface area contributed by atoms with Gasteiger partial charge in [0.25, 0.3) is 0 Å². The molecule has 1 N–H and O–H groups in total. The van der Waals surface area contributed by atoms with Gasteiger partial charge in [-0.1, -0.05) is 5.21 Å². The molecule has 0 aliphatic carbocycles. The second-order valence-corrected chi connectivity index (χ2v) is 5.00. The zero-order chi connectivity index (χ0) is 14.9. The van der Waals surface area contributed by atoms with Crippen molar-refractivity contribution in [3.63, 3.8) is 0 Å². The van der Waals surface area contributed by atoms with Gasteiger partial charge in [0, 0.05) is 6.92 Å². The van der Waals surface area contributed by atoms with E-state index in [9.17, 15) is 15.2 Å². The highest BCUT2D eigenvalue weighted by molar-refractivity contribution is 5.18. The number of hydrogen-bond donors (Lipinski definition) is 1. The maximum absolute atomic E-state index is 10.9. The Morgan fingerprint density at radius 1 is 1.45 bits per heavy atom. The molecule has 0 bridgehead atoms. The zero-order valence-electron chi connectivity index (χ0n) is 11.5. The fourth-order valence-electron chi connectivity index (χ4n) is 1.77. The van der Waals surface area contributed by atoms with E-state index in [0.29, 0.717) is 24.6 Å². The lowest BCUT2D eigenvalue weighted by molar-refractivity contribution is -0.392. The van der Waals surface area contributed by atoms with Crippen molar-refractivity contribution in [2.75, 3.05) is 0 Å². The predicted molar refractivity (Wildman–Crippen MR) is 68.9 cm³/mol. The van der Waals surface area contributed by atoms with Crippen molar-refractivity contribution in [2.45, 2.75) is 39.5 Å². The number of imidazole rings is 1. The van der Waals surface area contributed by atoms with E-state index in [1.807, 2.05) is 0 Å². The first-order chi connectivity index (χ1) is 9.29. The SMILES string of the molecule is Cc1ncc([N+](=O)[O-])n1CCn1cc(C(C)(C)O)nn1. The Labute approximate surface area is 115 Å². The molecule has 0 atom stereocenters. The van der Waals surface area contributed by atoms with Gasteiger partial charge in [-0.15, -0.1) is 5.10 Å². The van der Waals surface area contributed by atoms with E-state index in [2.05, 4.69) is 15.3 Å². The maximum atomic E-state index is 10.9. The normalized spacial score (nSPS) is 11.8. The molecule has 2 aromatic rings. The second-order valence-electron chi connectivity index (χ2n) is 5.00. The molecule has 0 aromatic carbocycles. The Hall–Kier alpha value is -2.29. The van der Waals surface area contributed by atoms with Crippen molar-refractivity contribution in [3.8, 4) is 0 Å². The maximum Gasteiger partial charge on any atom is 0.342 e. The molecule has 2 aromatic heterocycles. The summed E-state index contributed by atoms with van der Waals surface area (Å²) in [6.07, 6.45) is 2.86. The van der Waals surface area contributed by atoms with Gasteiger partial charge < -0.3 is 15.2 Å². The molecule has 0 unspecified atom stereocenters. The summed E-state index contributed by atoms with van der Waals surface area (Å²) in [5, 5.41) is 28.4. The third-order valence-corrected chi connectivity index (χ3v) is 2.94. The molecule has 0 saturated carbocycles. The van der Waals surface area contributed by atoms with E-state index in [4.69, 9.17) is 0 Å². The molecule has 0 radical (unpaired) electrons. The third-order valence-electron chi connectivity index (χ3n) is 2.94. The van der Waals surface area contributed by atoms with Crippen LogP contribution in [0, 0.1) is 17.0 Å². The van der Waals surface area contributed by atoms with Crippen LogP contribution >= 0.6 is 0 Å². The second kappa shape index (κ2) is 5.00. The molecule has 9 heteroatoms. The molecule has 2 rings (SSSR count). The van der Waals surface area contributed by atoms with Crippen LogP contribution in [0.2, 0.25) is 0 Å². The summed E-state index contributed by atoms with van der Waals surface area (Å²) in [7, 11) is 0. The van der Waals surface area contributed by atoms with E-state index in [0.717, 1.165) is 0 Å². The van der Waals surface area contributed by atoms with Gasteiger partial charge in [-0.25, -0.2) is 14.2 Å². The van der Waals surface area contributed by atoms with E-state index < -0.39 is 10.5 Å². The predicted octanol–water partition coefficient (Wildman–Crippen LogP) is 0.619. The highest BCUT2D eigenvalue weighted by Gasteiger charge is 2.21. The number of aryl methyl sites for hydroxylation is 2. The first kappa shape index (κ1) is 14.1. The quantitative estimate of drug-likeness (QED) is 0.634. The Kier molecular flexibility index (Phi) is 3.53. The van der Waals surface area contributed by atoms with Crippen LogP contribution in [0.5, 0.6) is 0 Å². The summed E-state index contributed by atoms with van der Waals surface area (Å²) in [5.74, 6) is 0.518. The smallest absolute Gasteiger partial charge is 0.342 e. The van der Waals surface area contributed by atoms with E-state index in [1.54, 1.807) is 27.0 Å². The van der Waals surface area contributed by atoms with Crippen LogP contribution in [0.1, 0.15) is 25.4 Å². The third kappa shape index (κ3) is 2.82. The number of nitrogens with zero attached hydrogens (tertiary/aromatic N) is 6. The van der Waals surface area contributed by atoms with Crippen molar-refractivity contribution < 1.29 is 10.0 Å². The van der Waals surface area contributed by atoms with Gasteiger partial charge in [0.1, 0.15) is 24.0 Å². The molecule has 20 heavy (non-hydrogen) atoms. The van der Waals surface area contributed by atoms with Crippen LogP contribution in [-0.4, -0.2) is 34.6 Å². The lowest BCUT2D eigenvalue weighted by Crippen LogP contribution is -2.16. The number of rotatable bonds is 5. The van der Waals surface area contributed by atoms with Gasteiger partial charge in [0.15, 0.2) is 5.82 Å². The Bertz CT molecular complexity index is 624. The standard InChI is InChI=1S/C11H16N6O3/c1-8-12-6-10(17(19)20)16(8)5-4-15-7-9(13-14-15)11(2,3)18/h6-7,18H,4-5H2,1-3H3. The van der Waals surface area contributed by atoms with Crippen molar-refractivity contribution in [1.29, 1.82) is 0 Å². The summed E-state index contributed by atoms with van der Waals surface area (Å²) >= 11 is 0. The minimum atomic E-state index is -1.06. The molecule has 9 nitrogen and oxygen atoms in total. The zero-order valence-corrected chi connectivity index (χ0v) is 11.5. The van der Waals surface area contributed by atoms with Gasteiger partial charge in [0.05, 0.1) is 12.7 Å². The van der Waals surface area contributed by atoms with Gasteiger partial charge in [-0.2, -0.15) is 0 Å². The van der Waals surface area contributed by atoms with Crippen molar-refractivity contribution in [1.82, 2.24) is 24.5 Å². The highest BCUT2D eigenvalue weighted by atomic mass is 16.6. The van der Waals surface area contributed by atoms with E-state index >= 15 is 0 Å². The molecule has 0 aliphatic heterocycles.